The molecule has 1 aliphatic rings. The standard InChI is InChI=1S/C19H25N3O3/c1-22(8-2-4-15-5-3-9-25-15)12-14-11-18(23)16-10-13(19(20)24)6-7-17(16)21-14/h6-7,10-11,15H,2-5,8-9,12H2,1H3,(H2,20,24)(H,21,23)/t15-/m1/s1. The summed E-state index contributed by atoms with van der Waals surface area (Å²) in [5.74, 6) is -0.531. The van der Waals surface area contributed by atoms with Gasteiger partial charge in [-0.2, -0.15) is 0 Å². The number of nitrogens with zero attached hydrogens (tertiary/aromatic N) is 1. The third-order valence-corrected chi connectivity index (χ3v) is 4.70. The van der Waals surface area contributed by atoms with E-state index in [0.29, 0.717) is 23.6 Å². The quantitative estimate of drug-likeness (QED) is 0.805. The Labute approximate surface area is 147 Å². The van der Waals surface area contributed by atoms with Crippen LogP contribution < -0.4 is 11.2 Å². The van der Waals surface area contributed by atoms with Crippen molar-refractivity contribution in [3.63, 3.8) is 0 Å². The summed E-state index contributed by atoms with van der Waals surface area (Å²) < 4.78 is 5.64. The van der Waals surface area contributed by atoms with E-state index >= 15 is 0 Å². The van der Waals surface area contributed by atoms with Crippen molar-refractivity contribution in [2.45, 2.75) is 38.3 Å². The van der Waals surface area contributed by atoms with Gasteiger partial charge in [-0.3, -0.25) is 9.59 Å². The Balaban J connectivity index is 1.63. The first kappa shape index (κ1) is 17.6. The molecule has 1 aromatic carbocycles. The number of rotatable bonds is 7. The maximum Gasteiger partial charge on any atom is 0.248 e. The van der Waals surface area contributed by atoms with E-state index in [4.69, 9.17) is 10.5 Å². The molecule has 0 aliphatic carbocycles. The SMILES string of the molecule is CN(CCC[C@@H]1CCCO1)Cc1cc(=O)c2cc(C(N)=O)ccc2[nH]1. The number of primary amides is 1. The summed E-state index contributed by atoms with van der Waals surface area (Å²) in [4.78, 5) is 29.1. The Bertz CT molecular complexity index is 809. The van der Waals surface area contributed by atoms with E-state index in [1.165, 1.54) is 12.8 Å². The lowest BCUT2D eigenvalue weighted by Gasteiger charge is -2.18. The molecular formula is C19H25N3O3. The smallest absolute Gasteiger partial charge is 0.248 e. The fraction of sp³-hybridized carbons (Fsp3) is 0.474. The van der Waals surface area contributed by atoms with Crippen LogP contribution in [0.25, 0.3) is 10.9 Å². The minimum atomic E-state index is -0.531. The second-order valence-corrected chi connectivity index (χ2v) is 6.80. The van der Waals surface area contributed by atoms with Gasteiger partial charge in [-0.15, -0.1) is 0 Å². The van der Waals surface area contributed by atoms with Crippen LogP contribution in [0.5, 0.6) is 0 Å². The first-order valence-corrected chi connectivity index (χ1v) is 8.79. The molecule has 6 nitrogen and oxygen atoms in total. The zero-order valence-corrected chi connectivity index (χ0v) is 14.6. The number of carbonyl (C=O) groups excluding carboxylic acids is 1. The number of ether oxygens (including phenoxy) is 1. The van der Waals surface area contributed by atoms with E-state index in [9.17, 15) is 9.59 Å². The highest BCUT2D eigenvalue weighted by atomic mass is 16.5. The van der Waals surface area contributed by atoms with Gasteiger partial charge >= 0.3 is 0 Å². The molecule has 1 atom stereocenters. The number of benzene rings is 1. The van der Waals surface area contributed by atoms with Crippen molar-refractivity contribution in [3.05, 3.63) is 45.7 Å². The van der Waals surface area contributed by atoms with Crippen LogP contribution in [0.15, 0.2) is 29.1 Å². The van der Waals surface area contributed by atoms with Crippen LogP contribution in [0.3, 0.4) is 0 Å². The number of pyridine rings is 1. The number of hydrogen-bond acceptors (Lipinski definition) is 4. The van der Waals surface area contributed by atoms with Crippen molar-refractivity contribution >= 4 is 16.8 Å². The first-order chi connectivity index (χ1) is 12.0. The van der Waals surface area contributed by atoms with Gasteiger partial charge in [0, 0.05) is 41.4 Å². The Kier molecular flexibility index (Phi) is 5.50. The van der Waals surface area contributed by atoms with Crippen LogP contribution in [0.1, 0.15) is 41.7 Å². The number of aromatic amines is 1. The van der Waals surface area contributed by atoms with Gasteiger partial charge in [0.2, 0.25) is 5.91 Å². The molecule has 3 rings (SSSR count). The Morgan fingerprint density at radius 1 is 1.40 bits per heavy atom. The Morgan fingerprint density at radius 2 is 2.24 bits per heavy atom. The normalized spacial score (nSPS) is 17.4. The van der Waals surface area contributed by atoms with Gasteiger partial charge in [-0.05, 0) is 57.5 Å². The van der Waals surface area contributed by atoms with Gasteiger partial charge in [0.25, 0.3) is 0 Å². The van der Waals surface area contributed by atoms with Crippen LogP contribution in [-0.2, 0) is 11.3 Å². The largest absolute Gasteiger partial charge is 0.378 e. The molecule has 3 N–H and O–H groups in total. The van der Waals surface area contributed by atoms with Gasteiger partial charge in [0.15, 0.2) is 5.43 Å². The molecule has 1 fully saturated rings. The summed E-state index contributed by atoms with van der Waals surface area (Å²) >= 11 is 0. The van der Waals surface area contributed by atoms with Crippen LogP contribution in [-0.4, -0.2) is 42.1 Å². The zero-order valence-electron chi connectivity index (χ0n) is 14.6. The lowest BCUT2D eigenvalue weighted by Crippen LogP contribution is -2.22. The number of nitrogens with two attached hydrogens (primary N) is 1. The fourth-order valence-corrected chi connectivity index (χ4v) is 3.37. The number of H-pyrrole nitrogens is 1. The predicted octanol–water partition coefficient (Wildman–Crippen LogP) is 2.02. The molecule has 2 heterocycles. The molecule has 0 bridgehead atoms. The second kappa shape index (κ2) is 7.80. The van der Waals surface area contributed by atoms with Crippen molar-refractivity contribution < 1.29 is 9.53 Å². The molecule has 134 valence electrons. The molecular weight excluding hydrogens is 318 g/mol. The van der Waals surface area contributed by atoms with E-state index in [-0.39, 0.29) is 5.43 Å². The van der Waals surface area contributed by atoms with Crippen LogP contribution in [0.4, 0.5) is 0 Å². The molecule has 0 radical (unpaired) electrons. The number of carbonyl (C=O) groups is 1. The molecule has 1 saturated heterocycles. The lowest BCUT2D eigenvalue weighted by atomic mass is 10.1. The molecule has 25 heavy (non-hydrogen) atoms. The fourth-order valence-electron chi connectivity index (χ4n) is 3.37. The Hall–Kier alpha value is -2.18. The summed E-state index contributed by atoms with van der Waals surface area (Å²) in [6.07, 6.45) is 4.95. The van der Waals surface area contributed by atoms with Gasteiger partial charge in [-0.25, -0.2) is 0 Å². The average molecular weight is 343 g/mol. The monoisotopic (exact) mass is 343 g/mol. The van der Waals surface area contributed by atoms with Crippen molar-refractivity contribution in [2.75, 3.05) is 20.2 Å². The van der Waals surface area contributed by atoms with E-state index in [1.54, 1.807) is 24.3 Å². The molecule has 2 aromatic rings. The maximum atomic E-state index is 12.3. The van der Waals surface area contributed by atoms with Crippen molar-refractivity contribution in [3.8, 4) is 0 Å². The van der Waals surface area contributed by atoms with E-state index in [2.05, 4.69) is 9.88 Å². The number of fused-ring (bicyclic) bond motifs is 1. The van der Waals surface area contributed by atoms with Crippen molar-refractivity contribution in [1.29, 1.82) is 0 Å². The van der Waals surface area contributed by atoms with Crippen molar-refractivity contribution in [1.82, 2.24) is 9.88 Å². The topological polar surface area (TPSA) is 88.4 Å². The van der Waals surface area contributed by atoms with E-state index in [1.807, 2.05) is 7.05 Å². The summed E-state index contributed by atoms with van der Waals surface area (Å²) in [6, 6.07) is 6.52. The number of hydrogen-bond donors (Lipinski definition) is 2. The van der Waals surface area contributed by atoms with Gasteiger partial charge in [-0.1, -0.05) is 0 Å². The van der Waals surface area contributed by atoms with Crippen molar-refractivity contribution in [2.24, 2.45) is 5.73 Å². The molecule has 1 amide bonds. The highest BCUT2D eigenvalue weighted by Crippen LogP contribution is 2.17. The third kappa shape index (κ3) is 4.46. The Morgan fingerprint density at radius 3 is 2.96 bits per heavy atom. The highest BCUT2D eigenvalue weighted by Gasteiger charge is 2.15. The van der Waals surface area contributed by atoms with E-state index < -0.39 is 5.91 Å². The summed E-state index contributed by atoms with van der Waals surface area (Å²) in [7, 11) is 2.05. The minimum Gasteiger partial charge on any atom is -0.378 e. The summed E-state index contributed by atoms with van der Waals surface area (Å²) in [5.41, 5.74) is 7.11. The van der Waals surface area contributed by atoms with Crippen LogP contribution in [0.2, 0.25) is 0 Å². The number of nitrogens with one attached hydrogen (secondary N) is 1. The molecule has 1 aliphatic heterocycles. The number of amides is 1. The minimum absolute atomic E-state index is 0.0976. The van der Waals surface area contributed by atoms with Gasteiger partial charge < -0.3 is 20.4 Å². The van der Waals surface area contributed by atoms with Gasteiger partial charge in [0.05, 0.1) is 6.10 Å². The second-order valence-electron chi connectivity index (χ2n) is 6.80. The molecule has 0 unspecified atom stereocenters. The average Bonchev–Trinajstić information content (AvgIpc) is 3.08. The van der Waals surface area contributed by atoms with E-state index in [0.717, 1.165) is 37.2 Å². The lowest BCUT2D eigenvalue weighted by molar-refractivity contribution is 0.0993. The molecule has 0 saturated carbocycles. The first-order valence-electron chi connectivity index (χ1n) is 8.79. The highest BCUT2D eigenvalue weighted by molar-refractivity contribution is 5.96. The van der Waals surface area contributed by atoms with Crippen LogP contribution in [0, 0.1) is 0 Å². The number of aromatic nitrogens is 1. The molecule has 0 spiro atoms. The zero-order chi connectivity index (χ0) is 17.8. The third-order valence-electron chi connectivity index (χ3n) is 4.70. The van der Waals surface area contributed by atoms with Gasteiger partial charge in [0.1, 0.15) is 0 Å². The van der Waals surface area contributed by atoms with Crippen LogP contribution >= 0.6 is 0 Å². The summed E-state index contributed by atoms with van der Waals surface area (Å²) in [6.45, 7) is 2.53. The predicted molar refractivity (Wildman–Crippen MR) is 97.6 cm³/mol. The molecule has 6 heteroatoms. The summed E-state index contributed by atoms with van der Waals surface area (Å²) in [5, 5.41) is 0.487. The maximum absolute atomic E-state index is 12.3. The molecule has 1 aromatic heterocycles.